The number of rotatable bonds is 5. The van der Waals surface area contributed by atoms with E-state index in [1.165, 1.54) is 4.90 Å². The van der Waals surface area contributed by atoms with Gasteiger partial charge in [-0.05, 0) is 44.4 Å². The zero-order valence-corrected chi connectivity index (χ0v) is 12.4. The summed E-state index contributed by atoms with van der Waals surface area (Å²) in [6.07, 6.45) is 1.43. The lowest BCUT2D eigenvalue weighted by Crippen LogP contribution is -2.40. The first-order valence-electron chi connectivity index (χ1n) is 7.23. The summed E-state index contributed by atoms with van der Waals surface area (Å²) in [6, 6.07) is 6.47. The summed E-state index contributed by atoms with van der Waals surface area (Å²) in [5.74, 6) is -1.14. The Kier molecular flexibility index (Phi) is 4.96. The molecule has 0 radical (unpaired) electrons. The van der Waals surface area contributed by atoms with Gasteiger partial charge in [-0.25, -0.2) is 4.79 Å². The first kappa shape index (κ1) is 15.5. The Bertz CT molecular complexity index is 510. The molecule has 1 fully saturated rings. The van der Waals surface area contributed by atoms with Crippen LogP contribution < -0.4 is 0 Å². The van der Waals surface area contributed by atoms with E-state index < -0.39 is 12.0 Å². The maximum absolute atomic E-state index is 12.4. The zero-order chi connectivity index (χ0) is 15.4. The van der Waals surface area contributed by atoms with E-state index in [1.807, 2.05) is 26.0 Å². The number of amides is 1. The molecule has 0 aliphatic carbocycles. The summed E-state index contributed by atoms with van der Waals surface area (Å²) in [6.45, 7) is 4.95. The van der Waals surface area contributed by atoms with Crippen LogP contribution in [0, 0.1) is 0 Å². The van der Waals surface area contributed by atoms with E-state index in [0.717, 1.165) is 12.0 Å². The number of hydrogen-bond acceptors (Lipinski definition) is 3. The normalized spacial score (nSPS) is 18.2. The Hall–Kier alpha value is -1.88. The summed E-state index contributed by atoms with van der Waals surface area (Å²) >= 11 is 0. The lowest BCUT2D eigenvalue weighted by Gasteiger charge is -2.21. The highest BCUT2D eigenvalue weighted by atomic mass is 16.5. The van der Waals surface area contributed by atoms with E-state index in [0.29, 0.717) is 25.1 Å². The van der Waals surface area contributed by atoms with Crippen LogP contribution in [0.25, 0.3) is 0 Å². The molecule has 5 heteroatoms. The summed E-state index contributed by atoms with van der Waals surface area (Å²) in [7, 11) is 0. The van der Waals surface area contributed by atoms with Crippen LogP contribution in [0.5, 0.6) is 0 Å². The molecule has 1 amide bonds. The Morgan fingerprint density at radius 1 is 1.33 bits per heavy atom. The molecular weight excluding hydrogens is 270 g/mol. The molecule has 0 saturated carbocycles. The Labute approximate surface area is 124 Å². The average molecular weight is 291 g/mol. The monoisotopic (exact) mass is 291 g/mol. The van der Waals surface area contributed by atoms with Gasteiger partial charge in [0, 0.05) is 12.1 Å². The fraction of sp³-hybridized carbons (Fsp3) is 0.500. The predicted octanol–water partition coefficient (Wildman–Crippen LogP) is 2.30. The minimum atomic E-state index is -0.928. The van der Waals surface area contributed by atoms with Crippen molar-refractivity contribution in [3.05, 3.63) is 35.4 Å². The molecule has 0 spiro atoms. The minimum Gasteiger partial charge on any atom is -0.480 e. The fourth-order valence-electron chi connectivity index (χ4n) is 2.44. The molecule has 5 nitrogen and oxygen atoms in total. The van der Waals surface area contributed by atoms with Crippen LogP contribution in [0.15, 0.2) is 24.3 Å². The Morgan fingerprint density at radius 2 is 2.00 bits per heavy atom. The van der Waals surface area contributed by atoms with Gasteiger partial charge >= 0.3 is 5.97 Å². The number of ether oxygens (including phenoxy) is 1. The summed E-state index contributed by atoms with van der Waals surface area (Å²) in [5, 5.41) is 9.14. The highest BCUT2D eigenvalue weighted by Crippen LogP contribution is 2.20. The smallest absolute Gasteiger partial charge is 0.326 e. The minimum absolute atomic E-state index is 0.159. The van der Waals surface area contributed by atoms with E-state index in [9.17, 15) is 9.59 Å². The van der Waals surface area contributed by atoms with Crippen molar-refractivity contribution in [3.8, 4) is 0 Å². The zero-order valence-electron chi connectivity index (χ0n) is 12.4. The maximum Gasteiger partial charge on any atom is 0.326 e. The first-order chi connectivity index (χ1) is 9.99. The molecule has 1 unspecified atom stereocenters. The third-order valence-electron chi connectivity index (χ3n) is 3.58. The van der Waals surface area contributed by atoms with Crippen molar-refractivity contribution in [1.82, 2.24) is 4.90 Å². The number of likely N-dealkylation sites (tertiary alicyclic amines) is 1. The lowest BCUT2D eigenvalue weighted by molar-refractivity contribution is -0.141. The fourth-order valence-corrected chi connectivity index (χ4v) is 2.44. The van der Waals surface area contributed by atoms with E-state index in [4.69, 9.17) is 9.84 Å². The van der Waals surface area contributed by atoms with Crippen molar-refractivity contribution in [3.63, 3.8) is 0 Å². The first-order valence-corrected chi connectivity index (χ1v) is 7.23. The molecule has 1 aromatic rings. The van der Waals surface area contributed by atoms with Gasteiger partial charge in [-0.1, -0.05) is 12.1 Å². The van der Waals surface area contributed by atoms with E-state index in [2.05, 4.69) is 0 Å². The standard InChI is InChI=1S/C16H21NO4/c1-11(2)21-10-12-5-7-13(8-6-12)15(18)17-9-3-4-14(17)16(19)20/h5-8,11,14H,3-4,9-10H2,1-2H3,(H,19,20). The van der Waals surface area contributed by atoms with Crippen LogP contribution in [0.4, 0.5) is 0 Å². The number of aliphatic carboxylic acids is 1. The Morgan fingerprint density at radius 3 is 2.57 bits per heavy atom. The van der Waals surface area contributed by atoms with Gasteiger partial charge in [0.05, 0.1) is 12.7 Å². The lowest BCUT2D eigenvalue weighted by atomic mass is 10.1. The predicted molar refractivity (Wildman–Crippen MR) is 78.1 cm³/mol. The molecular formula is C16H21NO4. The van der Waals surface area contributed by atoms with E-state index in [1.54, 1.807) is 12.1 Å². The van der Waals surface area contributed by atoms with Gasteiger partial charge in [-0.2, -0.15) is 0 Å². The van der Waals surface area contributed by atoms with Crippen LogP contribution >= 0.6 is 0 Å². The average Bonchev–Trinajstić information content (AvgIpc) is 2.94. The molecule has 0 aromatic heterocycles. The highest BCUT2D eigenvalue weighted by molar-refractivity contribution is 5.97. The molecule has 1 atom stereocenters. The van der Waals surface area contributed by atoms with Crippen LogP contribution in [0.1, 0.15) is 42.6 Å². The highest BCUT2D eigenvalue weighted by Gasteiger charge is 2.34. The van der Waals surface area contributed by atoms with Crippen molar-refractivity contribution in [1.29, 1.82) is 0 Å². The maximum atomic E-state index is 12.4. The quantitative estimate of drug-likeness (QED) is 0.904. The second-order valence-electron chi connectivity index (χ2n) is 5.55. The van der Waals surface area contributed by atoms with Gasteiger partial charge in [0.15, 0.2) is 0 Å². The van der Waals surface area contributed by atoms with Gasteiger partial charge < -0.3 is 14.7 Å². The molecule has 1 saturated heterocycles. The van der Waals surface area contributed by atoms with Crippen LogP contribution in [0.2, 0.25) is 0 Å². The number of carbonyl (C=O) groups is 2. The third kappa shape index (κ3) is 3.82. The number of carboxylic acid groups (broad SMARTS) is 1. The van der Waals surface area contributed by atoms with Crippen molar-refractivity contribution >= 4 is 11.9 Å². The molecule has 1 aliphatic rings. The SMILES string of the molecule is CC(C)OCc1ccc(C(=O)N2CCCC2C(=O)O)cc1. The van der Waals surface area contributed by atoms with Gasteiger partial charge in [-0.3, -0.25) is 4.79 Å². The van der Waals surface area contributed by atoms with Gasteiger partial charge in [-0.15, -0.1) is 0 Å². The van der Waals surface area contributed by atoms with Crippen molar-refractivity contribution in [2.45, 2.75) is 45.4 Å². The molecule has 1 heterocycles. The van der Waals surface area contributed by atoms with Gasteiger partial charge in [0.1, 0.15) is 6.04 Å². The number of benzene rings is 1. The van der Waals surface area contributed by atoms with Crippen LogP contribution in [-0.4, -0.2) is 40.6 Å². The molecule has 114 valence electrons. The van der Waals surface area contributed by atoms with Crippen molar-refractivity contribution in [2.75, 3.05) is 6.54 Å². The molecule has 0 bridgehead atoms. The van der Waals surface area contributed by atoms with Crippen molar-refractivity contribution in [2.24, 2.45) is 0 Å². The largest absolute Gasteiger partial charge is 0.480 e. The van der Waals surface area contributed by atoms with Crippen LogP contribution in [0.3, 0.4) is 0 Å². The summed E-state index contributed by atoms with van der Waals surface area (Å²) in [5.41, 5.74) is 1.52. The van der Waals surface area contributed by atoms with E-state index in [-0.39, 0.29) is 12.0 Å². The second-order valence-corrected chi connectivity index (χ2v) is 5.55. The summed E-state index contributed by atoms with van der Waals surface area (Å²) in [4.78, 5) is 25.0. The topological polar surface area (TPSA) is 66.8 Å². The van der Waals surface area contributed by atoms with Crippen LogP contribution in [-0.2, 0) is 16.1 Å². The Balaban J connectivity index is 2.04. The molecule has 1 N–H and O–H groups in total. The number of hydrogen-bond donors (Lipinski definition) is 1. The molecule has 2 rings (SSSR count). The number of carbonyl (C=O) groups excluding carboxylic acids is 1. The third-order valence-corrected chi connectivity index (χ3v) is 3.58. The summed E-state index contributed by atoms with van der Waals surface area (Å²) < 4.78 is 5.50. The van der Waals surface area contributed by atoms with E-state index >= 15 is 0 Å². The second kappa shape index (κ2) is 6.72. The molecule has 1 aliphatic heterocycles. The van der Waals surface area contributed by atoms with Gasteiger partial charge in [0.2, 0.25) is 0 Å². The van der Waals surface area contributed by atoms with Crippen molar-refractivity contribution < 1.29 is 19.4 Å². The number of nitrogens with zero attached hydrogens (tertiary/aromatic N) is 1. The number of carboxylic acids is 1. The van der Waals surface area contributed by atoms with Gasteiger partial charge in [0.25, 0.3) is 5.91 Å². The molecule has 21 heavy (non-hydrogen) atoms. The molecule has 1 aromatic carbocycles.